The van der Waals surface area contributed by atoms with Gasteiger partial charge in [-0.05, 0) is 147 Å². The topological polar surface area (TPSA) is 404 Å². The number of rotatable bonds is 19. The molecule has 9 N–H and O–H groups in total. The third kappa shape index (κ3) is 22.6. The van der Waals surface area contributed by atoms with Crippen molar-refractivity contribution in [2.45, 2.75) is 242 Å². The lowest BCUT2D eigenvalue weighted by molar-refractivity contribution is -0.387. The molecule has 3 heterocycles. The largest absolute Gasteiger partial charge is 0.485 e. The number of aliphatic hydroxyl groups excluding tert-OH is 3. The van der Waals surface area contributed by atoms with Crippen LogP contribution in [0, 0.1) is 10.1 Å². The molecule has 3 unspecified atom stereocenters. The minimum absolute atomic E-state index is 0.0898. The predicted molar refractivity (Wildman–Crippen MR) is 329 cm³/mol. The van der Waals surface area contributed by atoms with Crippen LogP contribution in [0.5, 0.6) is 5.75 Å². The smallest absolute Gasteiger partial charge is 0.410 e. The van der Waals surface area contributed by atoms with Gasteiger partial charge in [0.25, 0.3) is 5.69 Å². The van der Waals surface area contributed by atoms with Gasteiger partial charge >= 0.3 is 24.2 Å². The number of carbonyl (C=O) groups is 5. The van der Waals surface area contributed by atoms with Crippen molar-refractivity contribution in [3.8, 4) is 5.75 Å². The van der Waals surface area contributed by atoms with E-state index < -0.39 is 182 Å². The molecule has 520 valence electrons. The fraction of sp³-hybridized carbons (Fsp3) is 0.721. The van der Waals surface area contributed by atoms with Crippen LogP contribution in [-0.2, 0) is 64.0 Å². The van der Waals surface area contributed by atoms with Gasteiger partial charge in [0, 0.05) is 45.4 Å². The Balaban J connectivity index is 0.00000205. The Morgan fingerprint density at radius 2 is 1.43 bits per heavy atom. The molecule has 2 aromatic carbocycles. The van der Waals surface area contributed by atoms with Crippen LogP contribution in [0.2, 0.25) is 0 Å². The van der Waals surface area contributed by atoms with Gasteiger partial charge < -0.3 is 94.4 Å². The first-order valence-electron chi connectivity index (χ1n) is 30.4. The number of sulfonamides is 1. The van der Waals surface area contributed by atoms with E-state index in [0.29, 0.717) is 6.04 Å². The average Bonchev–Trinajstić information content (AvgIpc) is 0.787. The predicted octanol–water partition coefficient (Wildman–Crippen LogP) is 4.27. The third-order valence-electron chi connectivity index (χ3n) is 14.2. The molecule has 0 aromatic heterocycles. The number of nitro benzene ring substituents is 1. The SMILES string of the molecule is CN(C(=O)OC(C)(C)C)[C@@H]1[C@@H](O)[C@@H](O[C@@H]2[C@@H](O)[C@H](Oc3cccc(CN(CC4COC(C)(C)O4)S(=O)(=O)c4ccccc4[N+](=O)[O-])c3C(=O)OC(C)(C)C)[C@@H](NC(=O)OC(C)(C)C)C[C@H]2NC(=O)C(O)CCNC(=O)OC(C)(C)C)OC[C@]1(C)O.NC1CCCOC1. The van der Waals surface area contributed by atoms with E-state index in [9.17, 15) is 62.9 Å². The molecule has 31 heteroatoms. The summed E-state index contributed by atoms with van der Waals surface area (Å²) in [5.74, 6) is -3.68. The molecule has 2 aromatic rings. The van der Waals surface area contributed by atoms with Gasteiger partial charge in [-0.1, -0.05) is 24.3 Å². The van der Waals surface area contributed by atoms with Crippen molar-refractivity contribution in [1.29, 1.82) is 0 Å². The van der Waals surface area contributed by atoms with Crippen molar-refractivity contribution in [2.75, 3.05) is 46.6 Å². The van der Waals surface area contributed by atoms with E-state index in [4.69, 9.17) is 53.1 Å². The van der Waals surface area contributed by atoms with Crippen molar-refractivity contribution in [2.24, 2.45) is 5.73 Å². The molecule has 12 atom stereocenters. The van der Waals surface area contributed by atoms with Crippen LogP contribution in [0.25, 0.3) is 0 Å². The molecule has 30 nitrogen and oxygen atoms in total. The first-order valence-corrected chi connectivity index (χ1v) is 31.9. The summed E-state index contributed by atoms with van der Waals surface area (Å²) in [5, 5.41) is 67.8. The molecule has 0 radical (unpaired) electrons. The second-order valence-corrected chi connectivity index (χ2v) is 29.7. The van der Waals surface area contributed by atoms with Gasteiger partial charge in [0.2, 0.25) is 15.9 Å². The minimum Gasteiger partial charge on any atom is -0.485 e. The molecule has 1 aliphatic carbocycles. The molecule has 0 spiro atoms. The van der Waals surface area contributed by atoms with Crippen LogP contribution in [0.15, 0.2) is 47.4 Å². The van der Waals surface area contributed by atoms with E-state index in [1.807, 2.05) is 0 Å². The third-order valence-corrected chi connectivity index (χ3v) is 16.1. The minimum atomic E-state index is -4.87. The van der Waals surface area contributed by atoms with Crippen LogP contribution in [0.1, 0.15) is 145 Å². The lowest BCUT2D eigenvalue weighted by Crippen LogP contribution is -2.70. The maximum atomic E-state index is 14.8. The van der Waals surface area contributed by atoms with E-state index in [1.54, 1.807) is 96.9 Å². The van der Waals surface area contributed by atoms with Gasteiger partial charge in [0.05, 0.1) is 49.0 Å². The Bertz CT molecular complexity index is 2970. The molecule has 4 fully saturated rings. The average molecular weight is 1330 g/mol. The number of esters is 1. The number of nitrogens with zero attached hydrogens (tertiary/aromatic N) is 3. The number of hydrogen-bond acceptors (Lipinski definition) is 24. The fourth-order valence-electron chi connectivity index (χ4n) is 10.4. The standard InChI is InChI=1S/C56H86N6O22S.C5H11NO/c1-51(2,3)81-46(67)39-31(27-61(28-32-29-77-55(13,14)80-32)85(74,75)38-23-18-17-21-35(38)62(72)73)20-19-22-37(39)78-42-34(59-49(69)83-53(7,8)9)26-33(58-45(66)36(63)24-25-57-48(68)82-52(4,5)6)43(40(42)64)79-47-41(65)44(56(15,71)30-76-47)60(16)50(70)84-54(10,11)12;6-5-2-1-3-7-4-5/h17-23,32-34,36,40-44,47,63-65,71H,24-30H2,1-16H3,(H,57,68)(H,58,66)(H,59,69);5H,1-4,6H2/t32?,33-,34+,36?,40+,41-,42-,43+,44-,47-,56+;/m1./s1. The number of likely N-dealkylation sites (N-methyl/N-ethyl adjacent to an activating group) is 1. The zero-order valence-electron chi connectivity index (χ0n) is 55.5. The number of ether oxygens (including phenoxy) is 10. The van der Waals surface area contributed by atoms with Crippen LogP contribution < -0.4 is 26.4 Å². The van der Waals surface area contributed by atoms with Gasteiger partial charge in [0.15, 0.2) is 17.0 Å². The Hall–Kier alpha value is -6.10. The van der Waals surface area contributed by atoms with Gasteiger partial charge in [0.1, 0.15) is 69.8 Å². The Labute approximate surface area is 537 Å². The molecule has 92 heavy (non-hydrogen) atoms. The monoisotopic (exact) mass is 1330 g/mol. The summed E-state index contributed by atoms with van der Waals surface area (Å²) >= 11 is 0. The Morgan fingerprint density at radius 1 is 0.826 bits per heavy atom. The van der Waals surface area contributed by atoms with Gasteiger partial charge in [-0.3, -0.25) is 14.9 Å². The number of nitrogens with one attached hydrogen (secondary N) is 3. The summed E-state index contributed by atoms with van der Waals surface area (Å²) in [6.07, 6.45) is -13.6. The number of carbonyl (C=O) groups excluding carboxylic acids is 5. The maximum absolute atomic E-state index is 14.8. The summed E-state index contributed by atoms with van der Waals surface area (Å²) in [6.45, 7) is 23.3. The Kier molecular flexibility index (Phi) is 25.8. The zero-order valence-corrected chi connectivity index (χ0v) is 56.4. The van der Waals surface area contributed by atoms with Gasteiger partial charge in [-0.15, -0.1) is 0 Å². The number of amides is 4. The highest BCUT2D eigenvalue weighted by Crippen LogP contribution is 2.38. The number of alkyl carbamates (subject to hydrolysis) is 2. The van der Waals surface area contributed by atoms with Crippen molar-refractivity contribution < 1.29 is 105 Å². The van der Waals surface area contributed by atoms with Crippen LogP contribution in [0.4, 0.5) is 20.1 Å². The number of nitrogens with two attached hydrogens (primary N) is 1. The normalized spacial score (nSPS) is 26.4. The highest BCUT2D eigenvalue weighted by atomic mass is 32.2. The summed E-state index contributed by atoms with van der Waals surface area (Å²) in [6, 6.07) is 4.59. The van der Waals surface area contributed by atoms with E-state index in [0.717, 1.165) is 47.4 Å². The first kappa shape index (κ1) is 76.6. The molecular weight excluding hydrogens is 1230 g/mol. The van der Waals surface area contributed by atoms with E-state index in [-0.39, 0.29) is 30.9 Å². The molecule has 6 rings (SSSR count). The summed E-state index contributed by atoms with van der Waals surface area (Å²) < 4.78 is 88.6. The number of aliphatic hydroxyl groups is 4. The van der Waals surface area contributed by atoms with Crippen LogP contribution >= 0.6 is 0 Å². The van der Waals surface area contributed by atoms with Crippen LogP contribution in [0.3, 0.4) is 0 Å². The number of nitro groups is 1. The summed E-state index contributed by atoms with van der Waals surface area (Å²) in [7, 11) is -3.60. The van der Waals surface area contributed by atoms with Crippen LogP contribution in [-0.4, -0.2) is 221 Å². The lowest BCUT2D eigenvalue weighted by Gasteiger charge is -2.50. The Morgan fingerprint density at radius 3 is 1.99 bits per heavy atom. The molecule has 1 saturated carbocycles. The fourth-order valence-corrected chi connectivity index (χ4v) is 12.0. The summed E-state index contributed by atoms with van der Waals surface area (Å²) in [4.78, 5) is 80.3. The van der Waals surface area contributed by atoms with Crippen molar-refractivity contribution in [1.82, 2.24) is 25.2 Å². The molecule has 4 amide bonds. The number of benzene rings is 2. The highest BCUT2D eigenvalue weighted by Gasteiger charge is 2.55. The first-order chi connectivity index (χ1) is 42.3. The van der Waals surface area contributed by atoms with Crippen molar-refractivity contribution in [3.05, 3.63) is 63.7 Å². The molecule has 3 saturated heterocycles. The second-order valence-electron chi connectivity index (χ2n) is 27.8. The van der Waals surface area contributed by atoms with Crippen molar-refractivity contribution in [3.63, 3.8) is 0 Å². The van der Waals surface area contributed by atoms with E-state index in [1.165, 1.54) is 44.3 Å². The van der Waals surface area contributed by atoms with Gasteiger partial charge in [-0.2, -0.15) is 4.31 Å². The number of para-hydroxylation sites is 1. The second kappa shape index (κ2) is 31.0. The zero-order chi connectivity index (χ0) is 69.3. The number of hydrogen-bond donors (Lipinski definition) is 8. The molecular formula is C61H97N7O23S. The maximum Gasteiger partial charge on any atom is 0.410 e. The molecule has 4 aliphatic rings. The lowest BCUT2D eigenvalue weighted by atomic mass is 9.82. The summed E-state index contributed by atoms with van der Waals surface area (Å²) in [5.41, 5.74) is -1.90. The van der Waals surface area contributed by atoms with E-state index in [2.05, 4.69) is 16.0 Å². The quantitative estimate of drug-likeness (QED) is 0.0421. The molecule has 0 bridgehead atoms. The van der Waals surface area contributed by atoms with Crippen molar-refractivity contribution >= 4 is 45.9 Å². The van der Waals surface area contributed by atoms with E-state index >= 15 is 0 Å². The highest BCUT2D eigenvalue weighted by molar-refractivity contribution is 7.89. The molecule has 3 aliphatic heterocycles. The van der Waals surface area contributed by atoms with Gasteiger partial charge in [-0.25, -0.2) is 27.6 Å².